The van der Waals surface area contributed by atoms with Crippen LogP contribution in [-0.2, 0) is 13.5 Å². The first-order valence-electron chi connectivity index (χ1n) is 3.94. The van der Waals surface area contributed by atoms with Crippen LogP contribution in [0.25, 0.3) is 0 Å². The molecule has 0 spiro atoms. The van der Waals surface area contributed by atoms with Gasteiger partial charge in [-0.15, -0.1) is 0 Å². The van der Waals surface area contributed by atoms with Gasteiger partial charge in [0.05, 0.1) is 19.2 Å². The van der Waals surface area contributed by atoms with Gasteiger partial charge in [0.15, 0.2) is 6.20 Å². The Balaban J connectivity index is 0.000000364. The van der Waals surface area contributed by atoms with Gasteiger partial charge in [-0.25, -0.2) is 9.55 Å². The van der Waals surface area contributed by atoms with E-state index in [1.807, 2.05) is 17.8 Å². The summed E-state index contributed by atoms with van der Waals surface area (Å²) in [5.74, 6) is 2.05. The second-order valence-electron chi connectivity index (χ2n) is 2.41. The Hall–Kier alpha value is -1.79. The summed E-state index contributed by atoms with van der Waals surface area (Å²) in [6.07, 6.45) is 2.86. The fraction of sp³-hybridized carbons (Fsp3) is 0.571. The molecule has 1 rings (SSSR count). The van der Waals surface area contributed by atoms with Gasteiger partial charge in [0.25, 0.3) is 5.82 Å². The van der Waals surface area contributed by atoms with E-state index in [0.717, 1.165) is 12.3 Å². The smallest absolute Gasteiger partial charge is 0.324 e. The molecule has 0 atom stereocenters. The number of nitrogens with zero attached hydrogens (tertiary/aromatic N) is 2. The van der Waals surface area contributed by atoms with Crippen LogP contribution >= 0.6 is 0 Å². The molecule has 0 aromatic carbocycles. The topological polar surface area (TPSA) is 95.1 Å². The van der Waals surface area contributed by atoms with E-state index in [9.17, 15) is 0 Å². The van der Waals surface area contributed by atoms with E-state index >= 15 is 0 Å². The maximum atomic E-state index is 8.25. The number of nitrogens with one attached hydrogen (secondary N) is 1. The van der Waals surface area contributed by atoms with Gasteiger partial charge in [-0.3, -0.25) is 0 Å². The first-order chi connectivity index (χ1) is 6.52. The highest BCUT2D eigenvalue weighted by Crippen LogP contribution is 2.00. The maximum Gasteiger partial charge on any atom is 0.324 e. The summed E-state index contributed by atoms with van der Waals surface area (Å²) in [5, 5.41) is 14.8. The largest absolute Gasteiger partial charge is 0.463 e. The standard InChI is InChI=1S/C7H12N2O.NO3/c1-4-6-8-5-7(10-3)9(6)2;2-1(3)4/h5H,4H2,1-3H3;/q;-1/p+1. The van der Waals surface area contributed by atoms with Crippen LogP contribution < -0.4 is 9.30 Å². The zero-order valence-corrected chi connectivity index (χ0v) is 8.31. The number of ether oxygens (including phenoxy) is 1. The van der Waals surface area contributed by atoms with Crippen molar-refractivity contribution in [3.63, 3.8) is 0 Å². The number of hydrogen-bond donors (Lipinski definition) is 1. The van der Waals surface area contributed by atoms with Gasteiger partial charge in [-0.05, 0) is 0 Å². The number of H-pyrrole nitrogens is 1. The third-order valence-corrected chi connectivity index (χ3v) is 1.64. The molecule has 0 radical (unpaired) electrons. The molecule has 0 saturated carbocycles. The predicted octanol–water partition coefficient (Wildman–Crippen LogP) is 0.171. The fourth-order valence-corrected chi connectivity index (χ4v) is 1.01. The second kappa shape index (κ2) is 5.79. The van der Waals surface area contributed by atoms with Crippen molar-refractivity contribution in [2.75, 3.05) is 7.11 Å². The summed E-state index contributed by atoms with van der Waals surface area (Å²) < 4.78 is 7.06. The van der Waals surface area contributed by atoms with E-state index in [0.29, 0.717) is 0 Å². The minimum atomic E-state index is -1.75. The Morgan fingerprint density at radius 3 is 2.36 bits per heavy atom. The quantitative estimate of drug-likeness (QED) is 0.421. The minimum Gasteiger partial charge on any atom is -0.463 e. The summed E-state index contributed by atoms with van der Waals surface area (Å²) in [7, 11) is 3.65. The molecule has 0 aliphatic rings. The lowest BCUT2D eigenvalue weighted by Crippen LogP contribution is -2.32. The fourth-order valence-electron chi connectivity index (χ4n) is 1.01. The Labute approximate surface area is 81.1 Å². The van der Waals surface area contributed by atoms with Crippen LogP contribution in [0, 0.1) is 15.3 Å². The highest BCUT2D eigenvalue weighted by atomic mass is 16.9. The molecule has 1 aromatic heterocycles. The zero-order chi connectivity index (χ0) is 11.1. The monoisotopic (exact) mass is 203 g/mol. The number of rotatable bonds is 2. The van der Waals surface area contributed by atoms with Crippen molar-refractivity contribution >= 4 is 0 Å². The SMILES string of the molecule is CCc1[nH]cc(OC)[n+]1C.O=[N+]([O-])[O-]. The zero-order valence-electron chi connectivity index (χ0n) is 8.31. The van der Waals surface area contributed by atoms with Crippen molar-refractivity contribution in [3.05, 3.63) is 27.3 Å². The van der Waals surface area contributed by atoms with Crippen LogP contribution in [-0.4, -0.2) is 17.2 Å². The van der Waals surface area contributed by atoms with Crippen LogP contribution in [0.3, 0.4) is 0 Å². The molecule has 1 heterocycles. The Morgan fingerprint density at radius 1 is 1.64 bits per heavy atom. The Bertz CT molecular complexity index is 272. The van der Waals surface area contributed by atoms with Crippen LogP contribution in [0.1, 0.15) is 12.7 Å². The molecule has 0 bridgehead atoms. The first-order valence-corrected chi connectivity index (χ1v) is 3.94. The average Bonchev–Trinajstić information content (AvgIpc) is 2.45. The third kappa shape index (κ3) is 3.74. The second-order valence-corrected chi connectivity index (χ2v) is 2.41. The van der Waals surface area contributed by atoms with E-state index in [1.54, 1.807) is 7.11 Å². The van der Waals surface area contributed by atoms with E-state index in [4.69, 9.17) is 20.1 Å². The summed E-state index contributed by atoms with van der Waals surface area (Å²) in [4.78, 5) is 11.4. The molecule has 7 heteroatoms. The molecule has 1 N–H and O–H groups in total. The highest BCUT2D eigenvalue weighted by Gasteiger charge is 2.10. The number of aryl methyl sites for hydroxylation is 1. The average molecular weight is 203 g/mol. The molecule has 1 aromatic rings. The van der Waals surface area contributed by atoms with Gasteiger partial charge in [-0.2, -0.15) is 0 Å². The van der Waals surface area contributed by atoms with Crippen LogP contribution in [0.4, 0.5) is 0 Å². The van der Waals surface area contributed by atoms with Crippen molar-refractivity contribution in [1.82, 2.24) is 4.98 Å². The van der Waals surface area contributed by atoms with Gasteiger partial charge in [0, 0.05) is 6.42 Å². The summed E-state index contributed by atoms with van der Waals surface area (Å²) in [6, 6.07) is 0. The number of hydrogen-bond acceptors (Lipinski definition) is 4. The van der Waals surface area contributed by atoms with Crippen molar-refractivity contribution in [2.45, 2.75) is 13.3 Å². The predicted molar refractivity (Wildman–Crippen MR) is 48.3 cm³/mol. The molecule has 7 nitrogen and oxygen atoms in total. The number of aromatic nitrogens is 2. The van der Waals surface area contributed by atoms with Gasteiger partial charge in [0.1, 0.15) is 0 Å². The molecule has 0 fully saturated rings. The van der Waals surface area contributed by atoms with Crippen LogP contribution in [0.2, 0.25) is 0 Å². The van der Waals surface area contributed by atoms with Crippen molar-refractivity contribution in [3.8, 4) is 5.88 Å². The van der Waals surface area contributed by atoms with Gasteiger partial charge in [0.2, 0.25) is 0 Å². The molecule has 0 aliphatic carbocycles. The molecule has 0 saturated heterocycles. The molecular weight excluding hydrogens is 190 g/mol. The molecule has 0 amide bonds. The van der Waals surface area contributed by atoms with Gasteiger partial charge < -0.3 is 20.1 Å². The highest BCUT2D eigenvalue weighted by molar-refractivity contribution is 4.96. The summed E-state index contributed by atoms with van der Waals surface area (Å²) in [5.41, 5.74) is 0. The van der Waals surface area contributed by atoms with E-state index < -0.39 is 5.09 Å². The number of methoxy groups -OCH3 is 1. The Morgan fingerprint density at radius 2 is 2.14 bits per heavy atom. The van der Waals surface area contributed by atoms with Crippen molar-refractivity contribution in [2.24, 2.45) is 7.05 Å². The molecular formula is C7H13N3O4. The first kappa shape index (κ1) is 12.2. The lowest BCUT2D eigenvalue weighted by atomic mass is 10.5. The molecule has 0 unspecified atom stereocenters. The Kier molecular flexibility index (Phi) is 5.05. The van der Waals surface area contributed by atoms with Crippen molar-refractivity contribution in [1.29, 1.82) is 0 Å². The summed E-state index contributed by atoms with van der Waals surface area (Å²) >= 11 is 0. The lowest BCUT2D eigenvalue weighted by Gasteiger charge is -1.92. The molecule has 14 heavy (non-hydrogen) atoms. The van der Waals surface area contributed by atoms with E-state index in [1.165, 1.54) is 5.82 Å². The summed E-state index contributed by atoms with van der Waals surface area (Å²) in [6.45, 7) is 2.10. The van der Waals surface area contributed by atoms with Crippen LogP contribution in [0.15, 0.2) is 6.20 Å². The lowest BCUT2D eigenvalue weighted by molar-refractivity contribution is -0.682. The van der Waals surface area contributed by atoms with Gasteiger partial charge in [-0.1, -0.05) is 6.92 Å². The van der Waals surface area contributed by atoms with Crippen molar-refractivity contribution < 1.29 is 14.4 Å². The minimum absolute atomic E-state index is 0.872. The molecule has 80 valence electrons. The van der Waals surface area contributed by atoms with E-state index in [-0.39, 0.29) is 0 Å². The number of aromatic amines is 1. The van der Waals surface area contributed by atoms with E-state index in [2.05, 4.69) is 11.9 Å². The maximum absolute atomic E-state index is 8.25. The number of imidazole rings is 1. The van der Waals surface area contributed by atoms with Crippen LogP contribution in [0.5, 0.6) is 5.88 Å². The normalized spacial score (nSPS) is 8.79. The molecule has 0 aliphatic heterocycles. The third-order valence-electron chi connectivity index (χ3n) is 1.64. The van der Waals surface area contributed by atoms with Gasteiger partial charge >= 0.3 is 5.88 Å².